The van der Waals surface area contributed by atoms with Crippen LogP contribution in [0.2, 0.25) is 0 Å². The third kappa shape index (κ3) is 4.42. The van der Waals surface area contributed by atoms with Crippen molar-refractivity contribution in [1.82, 2.24) is 15.1 Å². The molecule has 1 aliphatic rings. The number of amides is 1. The molecule has 1 aromatic carbocycles. The van der Waals surface area contributed by atoms with Gasteiger partial charge in [-0.1, -0.05) is 12.1 Å². The summed E-state index contributed by atoms with van der Waals surface area (Å²) in [5, 5.41) is 7.51. The van der Waals surface area contributed by atoms with Crippen molar-refractivity contribution >= 4 is 5.91 Å². The maximum Gasteiger partial charge on any atom is 0.217 e. The summed E-state index contributed by atoms with van der Waals surface area (Å²) in [5.74, 6) is -0.326. The molecule has 1 aromatic heterocycles. The van der Waals surface area contributed by atoms with Gasteiger partial charge in [-0.3, -0.25) is 9.48 Å². The number of aryl methyl sites for hydroxylation is 1. The van der Waals surface area contributed by atoms with E-state index >= 15 is 0 Å². The Morgan fingerprint density at radius 2 is 2.21 bits per heavy atom. The molecule has 7 heteroatoms. The zero-order valence-corrected chi connectivity index (χ0v) is 16.4. The first-order chi connectivity index (χ1) is 13.4. The lowest BCUT2D eigenvalue weighted by atomic mass is 9.91. The lowest BCUT2D eigenvalue weighted by Crippen LogP contribution is -2.39. The first-order valence-corrected chi connectivity index (χ1v) is 9.32. The van der Waals surface area contributed by atoms with Crippen LogP contribution in [-0.4, -0.2) is 28.8 Å². The van der Waals surface area contributed by atoms with Crippen LogP contribution >= 0.6 is 0 Å². The van der Waals surface area contributed by atoms with Gasteiger partial charge in [-0.15, -0.1) is 6.58 Å². The molecule has 1 amide bonds. The Morgan fingerprint density at radius 3 is 2.89 bits per heavy atom. The van der Waals surface area contributed by atoms with E-state index in [0.29, 0.717) is 19.4 Å². The highest BCUT2D eigenvalue weighted by atomic mass is 19.1. The standard InChI is InChI=1S/C21H26FN3O3/c1-5-8-25-12-17(13(2)24-25)20-11-16(23-14(3)26)10-19(28-20)15-6-7-18(22)21(9-15)27-4/h5-7,9,12,16,19-20H,1,8,10-11H2,2-4H3,(H,23,26)/t16-,19-,20+/m0/s1. The number of halogens is 1. The minimum Gasteiger partial charge on any atom is -0.494 e. The van der Waals surface area contributed by atoms with Crippen molar-refractivity contribution < 1.29 is 18.7 Å². The Morgan fingerprint density at radius 1 is 1.46 bits per heavy atom. The molecular formula is C21H26FN3O3. The fourth-order valence-corrected chi connectivity index (χ4v) is 3.69. The maximum atomic E-state index is 13.8. The molecule has 2 aromatic rings. The molecule has 0 radical (unpaired) electrons. The molecule has 3 atom stereocenters. The van der Waals surface area contributed by atoms with E-state index in [-0.39, 0.29) is 29.9 Å². The van der Waals surface area contributed by atoms with Gasteiger partial charge in [0.15, 0.2) is 11.6 Å². The van der Waals surface area contributed by atoms with Crippen LogP contribution in [0.25, 0.3) is 0 Å². The van der Waals surface area contributed by atoms with Crippen LogP contribution in [0.3, 0.4) is 0 Å². The largest absolute Gasteiger partial charge is 0.494 e. The number of hydrogen-bond acceptors (Lipinski definition) is 4. The van der Waals surface area contributed by atoms with Crippen molar-refractivity contribution in [1.29, 1.82) is 0 Å². The highest BCUT2D eigenvalue weighted by Crippen LogP contribution is 2.40. The van der Waals surface area contributed by atoms with Gasteiger partial charge in [-0.05, 0) is 37.5 Å². The molecule has 1 N–H and O–H groups in total. The highest BCUT2D eigenvalue weighted by molar-refractivity contribution is 5.73. The molecule has 0 saturated carbocycles. The average molecular weight is 387 g/mol. The number of methoxy groups -OCH3 is 1. The summed E-state index contributed by atoms with van der Waals surface area (Å²) in [6, 6.07) is 4.67. The van der Waals surface area contributed by atoms with Gasteiger partial charge in [-0.25, -0.2) is 4.39 Å². The van der Waals surface area contributed by atoms with Crippen LogP contribution in [-0.2, 0) is 16.1 Å². The van der Waals surface area contributed by atoms with E-state index in [1.807, 2.05) is 17.8 Å². The molecule has 0 spiro atoms. The Hall–Kier alpha value is -2.67. The van der Waals surface area contributed by atoms with E-state index in [1.54, 1.807) is 18.2 Å². The molecule has 1 aliphatic heterocycles. The van der Waals surface area contributed by atoms with Gasteiger partial charge in [0.1, 0.15) is 0 Å². The molecule has 1 fully saturated rings. The van der Waals surface area contributed by atoms with Crippen molar-refractivity contribution in [3.63, 3.8) is 0 Å². The molecule has 28 heavy (non-hydrogen) atoms. The predicted molar refractivity (Wildman–Crippen MR) is 104 cm³/mol. The first-order valence-electron chi connectivity index (χ1n) is 9.32. The second-order valence-electron chi connectivity index (χ2n) is 7.06. The number of nitrogens with zero attached hydrogens (tertiary/aromatic N) is 2. The zero-order valence-electron chi connectivity index (χ0n) is 16.4. The normalized spacial score (nSPS) is 21.9. The van der Waals surface area contributed by atoms with Gasteiger partial charge < -0.3 is 14.8 Å². The number of carbonyl (C=O) groups is 1. The highest BCUT2D eigenvalue weighted by Gasteiger charge is 2.33. The van der Waals surface area contributed by atoms with E-state index in [2.05, 4.69) is 17.0 Å². The van der Waals surface area contributed by atoms with Crippen molar-refractivity contribution in [2.45, 2.75) is 51.5 Å². The smallest absolute Gasteiger partial charge is 0.217 e. The van der Waals surface area contributed by atoms with Gasteiger partial charge in [0.2, 0.25) is 5.91 Å². The van der Waals surface area contributed by atoms with Crippen LogP contribution < -0.4 is 10.1 Å². The van der Waals surface area contributed by atoms with E-state index in [4.69, 9.17) is 9.47 Å². The molecule has 1 saturated heterocycles. The van der Waals surface area contributed by atoms with Crippen LogP contribution in [0.1, 0.15) is 48.8 Å². The number of hydrogen-bond donors (Lipinski definition) is 1. The minimum absolute atomic E-state index is 0.0561. The number of ether oxygens (including phenoxy) is 2. The molecule has 150 valence electrons. The van der Waals surface area contributed by atoms with Gasteiger partial charge >= 0.3 is 0 Å². The summed E-state index contributed by atoms with van der Waals surface area (Å²) >= 11 is 0. The minimum atomic E-state index is -0.418. The van der Waals surface area contributed by atoms with Crippen molar-refractivity contribution in [2.75, 3.05) is 7.11 Å². The second-order valence-corrected chi connectivity index (χ2v) is 7.06. The van der Waals surface area contributed by atoms with E-state index < -0.39 is 5.82 Å². The van der Waals surface area contributed by atoms with Gasteiger partial charge in [0.25, 0.3) is 0 Å². The number of allylic oxidation sites excluding steroid dienone is 1. The zero-order chi connectivity index (χ0) is 20.3. The molecule has 0 unspecified atom stereocenters. The van der Waals surface area contributed by atoms with E-state index in [0.717, 1.165) is 16.8 Å². The Bertz CT molecular complexity index is 865. The summed E-state index contributed by atoms with van der Waals surface area (Å²) < 4.78 is 27.1. The third-order valence-corrected chi connectivity index (χ3v) is 4.93. The van der Waals surface area contributed by atoms with E-state index in [9.17, 15) is 9.18 Å². The van der Waals surface area contributed by atoms with Gasteiger partial charge in [0, 0.05) is 24.7 Å². The fourth-order valence-electron chi connectivity index (χ4n) is 3.69. The Labute approximate surface area is 164 Å². The molecule has 3 rings (SSSR count). The monoisotopic (exact) mass is 387 g/mol. The molecule has 0 aliphatic carbocycles. The Balaban J connectivity index is 1.91. The number of aromatic nitrogens is 2. The average Bonchev–Trinajstić information content (AvgIpc) is 3.02. The van der Waals surface area contributed by atoms with Crippen LogP contribution in [0, 0.1) is 12.7 Å². The summed E-state index contributed by atoms with van der Waals surface area (Å²) in [4.78, 5) is 11.7. The molecule has 2 heterocycles. The van der Waals surface area contributed by atoms with Gasteiger partial charge in [-0.2, -0.15) is 5.10 Å². The summed E-state index contributed by atoms with van der Waals surface area (Å²) in [6.45, 7) is 7.81. The topological polar surface area (TPSA) is 65.4 Å². The van der Waals surface area contributed by atoms with E-state index in [1.165, 1.54) is 20.1 Å². The number of rotatable bonds is 6. The lowest BCUT2D eigenvalue weighted by Gasteiger charge is -2.36. The molecular weight excluding hydrogens is 361 g/mol. The lowest BCUT2D eigenvalue weighted by molar-refractivity contribution is -0.122. The van der Waals surface area contributed by atoms with Crippen molar-refractivity contribution in [3.05, 3.63) is 59.7 Å². The number of carbonyl (C=O) groups excluding carboxylic acids is 1. The van der Waals surface area contributed by atoms with Crippen molar-refractivity contribution in [2.24, 2.45) is 0 Å². The number of benzene rings is 1. The maximum absolute atomic E-state index is 13.8. The van der Waals surface area contributed by atoms with Crippen LogP contribution in [0.15, 0.2) is 37.1 Å². The summed E-state index contributed by atoms with van der Waals surface area (Å²) in [5.41, 5.74) is 2.68. The fraction of sp³-hybridized carbons (Fsp3) is 0.429. The van der Waals surface area contributed by atoms with Crippen molar-refractivity contribution in [3.8, 4) is 5.75 Å². The number of nitrogens with one attached hydrogen (secondary N) is 1. The van der Waals surface area contributed by atoms with Crippen LogP contribution in [0.5, 0.6) is 5.75 Å². The molecule has 6 nitrogen and oxygen atoms in total. The summed E-state index contributed by atoms with van der Waals surface area (Å²) in [7, 11) is 1.43. The molecule has 0 bridgehead atoms. The van der Waals surface area contributed by atoms with Crippen LogP contribution in [0.4, 0.5) is 4.39 Å². The quantitative estimate of drug-likeness (QED) is 0.769. The SMILES string of the molecule is C=CCn1cc([C@H]2C[C@@H](NC(C)=O)C[C@@H](c3ccc(F)c(OC)c3)O2)c(C)n1. The second kappa shape index (κ2) is 8.56. The Kier molecular flexibility index (Phi) is 6.14. The first kappa shape index (κ1) is 20.1. The predicted octanol–water partition coefficient (Wildman–Crippen LogP) is 3.62. The van der Waals surface area contributed by atoms with Gasteiger partial charge in [0.05, 0.1) is 31.6 Å². The third-order valence-electron chi connectivity index (χ3n) is 4.93. The summed E-state index contributed by atoms with van der Waals surface area (Å²) in [6.07, 6.45) is 4.46.